The highest BCUT2D eigenvalue weighted by Crippen LogP contribution is 2.27. The molecule has 0 spiro atoms. The number of nitro groups is 1. The average molecular weight is 211 g/mol. The van der Waals surface area contributed by atoms with Crippen molar-refractivity contribution >= 4 is 12.0 Å². The van der Waals surface area contributed by atoms with Crippen LogP contribution in [0.25, 0.3) is 0 Å². The molecule has 0 atom stereocenters. The molecule has 0 aliphatic rings. The fraction of sp³-hybridized carbons (Fsp3) is 0.222. The lowest BCUT2D eigenvalue weighted by atomic mass is 10.2. The Labute approximate surface area is 85.2 Å². The first-order valence-corrected chi connectivity index (χ1v) is 4.16. The van der Waals surface area contributed by atoms with Crippen LogP contribution in [0.1, 0.15) is 10.4 Å². The summed E-state index contributed by atoms with van der Waals surface area (Å²) in [6.45, 7) is -0.256. The SMILES string of the molecule is O=Cc1ccc(OCCO)c([N+](=O)[O-])c1. The van der Waals surface area contributed by atoms with Gasteiger partial charge >= 0.3 is 5.69 Å². The average Bonchev–Trinajstić information content (AvgIpc) is 2.26. The van der Waals surface area contributed by atoms with E-state index in [1.165, 1.54) is 12.1 Å². The molecule has 0 aliphatic carbocycles. The van der Waals surface area contributed by atoms with Gasteiger partial charge in [-0.1, -0.05) is 0 Å². The van der Waals surface area contributed by atoms with Gasteiger partial charge in [-0.3, -0.25) is 14.9 Å². The van der Waals surface area contributed by atoms with E-state index in [1.807, 2.05) is 0 Å². The molecule has 6 heteroatoms. The highest BCUT2D eigenvalue weighted by atomic mass is 16.6. The van der Waals surface area contributed by atoms with Crippen molar-refractivity contribution in [2.24, 2.45) is 0 Å². The number of hydrogen-bond donors (Lipinski definition) is 1. The molecule has 0 saturated carbocycles. The van der Waals surface area contributed by atoms with E-state index in [1.54, 1.807) is 0 Å². The number of nitrogens with zero attached hydrogens (tertiary/aromatic N) is 1. The second-order valence-electron chi connectivity index (χ2n) is 2.67. The van der Waals surface area contributed by atoms with Gasteiger partial charge < -0.3 is 9.84 Å². The van der Waals surface area contributed by atoms with Crippen LogP contribution in [-0.4, -0.2) is 29.5 Å². The van der Waals surface area contributed by atoms with E-state index in [9.17, 15) is 14.9 Å². The summed E-state index contributed by atoms with van der Waals surface area (Å²) in [5, 5.41) is 19.1. The molecule has 6 nitrogen and oxygen atoms in total. The van der Waals surface area contributed by atoms with Crippen LogP contribution in [-0.2, 0) is 0 Å². The van der Waals surface area contributed by atoms with Crippen molar-refractivity contribution < 1.29 is 19.6 Å². The predicted octanol–water partition coefficient (Wildman–Crippen LogP) is 0.778. The first kappa shape index (κ1) is 11.1. The van der Waals surface area contributed by atoms with E-state index in [0.717, 1.165) is 6.07 Å². The molecule has 0 fully saturated rings. The molecule has 1 aromatic rings. The van der Waals surface area contributed by atoms with E-state index in [2.05, 4.69) is 0 Å². The molecule has 0 amide bonds. The Morgan fingerprint density at radius 3 is 2.80 bits per heavy atom. The Bertz CT molecular complexity index is 377. The molecule has 15 heavy (non-hydrogen) atoms. The summed E-state index contributed by atoms with van der Waals surface area (Å²) in [5.41, 5.74) is -0.0777. The number of aliphatic hydroxyl groups excluding tert-OH is 1. The number of ether oxygens (including phenoxy) is 1. The molecule has 0 aliphatic heterocycles. The maximum Gasteiger partial charge on any atom is 0.311 e. The summed E-state index contributed by atoms with van der Waals surface area (Å²) in [7, 11) is 0. The summed E-state index contributed by atoms with van der Waals surface area (Å²) in [6.07, 6.45) is 0.517. The van der Waals surface area contributed by atoms with E-state index in [-0.39, 0.29) is 30.2 Å². The van der Waals surface area contributed by atoms with Gasteiger partial charge in [0.25, 0.3) is 0 Å². The maximum absolute atomic E-state index is 10.6. The molecule has 0 heterocycles. The van der Waals surface area contributed by atoms with Gasteiger partial charge in [0.15, 0.2) is 5.75 Å². The standard InChI is InChI=1S/C9H9NO5/c11-3-4-15-9-2-1-7(6-12)5-8(9)10(13)14/h1-2,5-6,11H,3-4H2. The Morgan fingerprint density at radius 2 is 2.27 bits per heavy atom. The van der Waals surface area contributed by atoms with Crippen molar-refractivity contribution in [1.82, 2.24) is 0 Å². The largest absolute Gasteiger partial charge is 0.484 e. The van der Waals surface area contributed by atoms with Crippen LogP contribution in [0.5, 0.6) is 5.75 Å². The van der Waals surface area contributed by atoms with E-state index >= 15 is 0 Å². The summed E-state index contributed by atoms with van der Waals surface area (Å²) in [5.74, 6) is 0.0413. The minimum atomic E-state index is -0.639. The van der Waals surface area contributed by atoms with Crippen LogP contribution < -0.4 is 4.74 Å². The van der Waals surface area contributed by atoms with Gasteiger partial charge in [0.1, 0.15) is 12.9 Å². The van der Waals surface area contributed by atoms with Crippen molar-refractivity contribution in [1.29, 1.82) is 0 Å². The molecule has 0 bridgehead atoms. The van der Waals surface area contributed by atoms with Crippen molar-refractivity contribution in [3.8, 4) is 5.75 Å². The normalized spacial score (nSPS) is 9.67. The molecule has 0 radical (unpaired) electrons. The lowest BCUT2D eigenvalue weighted by Gasteiger charge is -2.04. The molecule has 1 N–H and O–H groups in total. The summed E-state index contributed by atoms with van der Waals surface area (Å²) in [4.78, 5) is 20.4. The van der Waals surface area contributed by atoms with E-state index in [4.69, 9.17) is 9.84 Å². The van der Waals surface area contributed by atoms with Gasteiger partial charge in [-0.2, -0.15) is 0 Å². The van der Waals surface area contributed by atoms with Crippen LogP contribution >= 0.6 is 0 Å². The lowest BCUT2D eigenvalue weighted by Crippen LogP contribution is -2.04. The maximum atomic E-state index is 10.6. The van der Waals surface area contributed by atoms with Crippen LogP contribution in [0.3, 0.4) is 0 Å². The van der Waals surface area contributed by atoms with Gasteiger partial charge in [0, 0.05) is 11.6 Å². The molecular weight excluding hydrogens is 202 g/mol. The topological polar surface area (TPSA) is 89.7 Å². The lowest BCUT2D eigenvalue weighted by molar-refractivity contribution is -0.385. The predicted molar refractivity (Wildman–Crippen MR) is 51.1 cm³/mol. The number of aldehydes is 1. The number of aliphatic hydroxyl groups is 1. The van der Waals surface area contributed by atoms with E-state index < -0.39 is 4.92 Å². The quantitative estimate of drug-likeness (QED) is 0.441. The molecule has 0 aromatic heterocycles. The van der Waals surface area contributed by atoms with Gasteiger partial charge in [0.05, 0.1) is 11.5 Å². The third-order valence-electron chi connectivity index (χ3n) is 1.66. The zero-order chi connectivity index (χ0) is 11.3. The number of rotatable bonds is 5. The monoisotopic (exact) mass is 211 g/mol. The molecular formula is C9H9NO5. The first-order chi connectivity index (χ1) is 7.19. The van der Waals surface area contributed by atoms with Gasteiger partial charge in [-0.15, -0.1) is 0 Å². The van der Waals surface area contributed by atoms with Gasteiger partial charge in [-0.25, -0.2) is 0 Å². The van der Waals surface area contributed by atoms with Crippen molar-refractivity contribution in [3.05, 3.63) is 33.9 Å². The Kier molecular flexibility index (Phi) is 3.75. The van der Waals surface area contributed by atoms with Crippen molar-refractivity contribution in [2.45, 2.75) is 0 Å². The summed E-state index contributed by atoms with van der Waals surface area (Å²) in [6, 6.07) is 3.87. The number of hydrogen-bond acceptors (Lipinski definition) is 5. The molecule has 0 unspecified atom stereocenters. The third kappa shape index (κ3) is 2.75. The smallest absolute Gasteiger partial charge is 0.311 e. The molecule has 0 saturated heterocycles. The minimum Gasteiger partial charge on any atom is -0.484 e. The van der Waals surface area contributed by atoms with E-state index in [0.29, 0.717) is 6.29 Å². The zero-order valence-corrected chi connectivity index (χ0v) is 7.75. The van der Waals surface area contributed by atoms with Crippen LogP contribution in [0.15, 0.2) is 18.2 Å². The molecule has 80 valence electrons. The fourth-order valence-electron chi connectivity index (χ4n) is 1.03. The molecule has 1 aromatic carbocycles. The van der Waals surface area contributed by atoms with Crippen LogP contribution in [0, 0.1) is 10.1 Å². The van der Waals surface area contributed by atoms with Crippen molar-refractivity contribution in [3.63, 3.8) is 0 Å². The molecule has 1 rings (SSSR count). The third-order valence-corrected chi connectivity index (χ3v) is 1.66. The number of nitro benzene ring substituents is 1. The summed E-state index contributed by atoms with van der Waals surface area (Å²) < 4.78 is 4.94. The minimum absolute atomic E-state index is 0.0265. The Morgan fingerprint density at radius 1 is 1.53 bits per heavy atom. The second-order valence-corrected chi connectivity index (χ2v) is 2.67. The zero-order valence-electron chi connectivity index (χ0n) is 7.75. The van der Waals surface area contributed by atoms with Gasteiger partial charge in [-0.05, 0) is 12.1 Å². The second kappa shape index (κ2) is 5.06. The fourth-order valence-corrected chi connectivity index (χ4v) is 1.03. The highest BCUT2D eigenvalue weighted by molar-refractivity contribution is 5.77. The first-order valence-electron chi connectivity index (χ1n) is 4.16. The number of carbonyl (C=O) groups excluding carboxylic acids is 1. The van der Waals surface area contributed by atoms with Crippen LogP contribution in [0.4, 0.5) is 5.69 Å². The highest BCUT2D eigenvalue weighted by Gasteiger charge is 2.15. The van der Waals surface area contributed by atoms with Crippen molar-refractivity contribution in [2.75, 3.05) is 13.2 Å². The Balaban J connectivity index is 3.03. The Hall–Kier alpha value is -1.95. The summed E-state index contributed by atoms with van der Waals surface area (Å²) >= 11 is 0. The number of carbonyl (C=O) groups is 1. The van der Waals surface area contributed by atoms with Crippen LogP contribution in [0.2, 0.25) is 0 Å². The number of benzene rings is 1. The van der Waals surface area contributed by atoms with Gasteiger partial charge in [0.2, 0.25) is 0 Å².